The molecule has 0 aromatic heterocycles. The molecule has 0 radical (unpaired) electrons. The topological polar surface area (TPSA) is 41.6 Å². The van der Waals surface area contributed by atoms with Crippen LogP contribution >= 0.6 is 0 Å². The second-order valence-corrected chi connectivity index (χ2v) is 4.73. The number of rotatable bonds is 5. The minimum absolute atomic E-state index is 0.0777. The summed E-state index contributed by atoms with van der Waals surface area (Å²) in [7, 11) is 0. The van der Waals surface area contributed by atoms with Gasteiger partial charge < -0.3 is 4.74 Å². The molecular weight excluding hydrogens is 228 g/mol. The van der Waals surface area contributed by atoms with E-state index in [1.807, 2.05) is 18.2 Å². The molecule has 1 amide bonds. The fraction of sp³-hybridized carbons (Fsp3) is 0.500. The summed E-state index contributed by atoms with van der Waals surface area (Å²) in [4.78, 5) is 11.7. The second kappa shape index (κ2) is 5.87. The van der Waals surface area contributed by atoms with E-state index < -0.39 is 0 Å². The maximum absolute atomic E-state index is 11.7. The summed E-state index contributed by atoms with van der Waals surface area (Å²) in [5.74, 6) is 0. The lowest BCUT2D eigenvalue weighted by atomic mass is 10.1. The predicted molar refractivity (Wildman–Crippen MR) is 70.0 cm³/mol. The van der Waals surface area contributed by atoms with Gasteiger partial charge in [0, 0.05) is 6.04 Å². The first-order valence-electron chi connectivity index (χ1n) is 6.46. The molecule has 2 rings (SSSR count). The molecule has 0 bridgehead atoms. The van der Waals surface area contributed by atoms with Crippen LogP contribution in [-0.2, 0) is 11.2 Å². The van der Waals surface area contributed by atoms with E-state index in [1.165, 1.54) is 5.56 Å². The van der Waals surface area contributed by atoms with Gasteiger partial charge in [-0.3, -0.25) is 0 Å². The van der Waals surface area contributed by atoms with Gasteiger partial charge in [0.05, 0.1) is 6.04 Å². The number of benzene rings is 1. The van der Waals surface area contributed by atoms with Gasteiger partial charge in [0.15, 0.2) is 0 Å². The van der Waals surface area contributed by atoms with E-state index in [1.54, 1.807) is 5.01 Å². The van der Waals surface area contributed by atoms with E-state index in [-0.39, 0.29) is 18.2 Å². The van der Waals surface area contributed by atoms with Crippen LogP contribution in [0.2, 0.25) is 0 Å². The van der Waals surface area contributed by atoms with Gasteiger partial charge >= 0.3 is 6.09 Å². The van der Waals surface area contributed by atoms with Crippen molar-refractivity contribution < 1.29 is 9.53 Å². The highest BCUT2D eigenvalue weighted by Crippen LogP contribution is 2.15. The lowest BCUT2D eigenvalue weighted by Crippen LogP contribution is -2.49. The maximum atomic E-state index is 11.7. The number of hydrogen-bond donors (Lipinski definition) is 1. The van der Waals surface area contributed by atoms with Crippen molar-refractivity contribution >= 4 is 6.09 Å². The Morgan fingerprint density at radius 3 is 2.83 bits per heavy atom. The smallest absolute Gasteiger partial charge is 0.424 e. The van der Waals surface area contributed by atoms with Crippen LogP contribution in [0.5, 0.6) is 0 Å². The molecule has 98 valence electrons. The van der Waals surface area contributed by atoms with Gasteiger partial charge in [0.25, 0.3) is 0 Å². The molecule has 0 unspecified atom stereocenters. The number of ether oxygens (including phenoxy) is 1. The van der Waals surface area contributed by atoms with Crippen LogP contribution in [0.1, 0.15) is 25.8 Å². The third kappa shape index (κ3) is 3.01. The first kappa shape index (κ1) is 12.9. The Bertz CT molecular complexity index is 394. The summed E-state index contributed by atoms with van der Waals surface area (Å²) in [6.07, 6.45) is 1.52. The standard InChI is InChI=1S/C14H20N2O2/c1-3-11(2)15-16-13(10-18-14(16)17)9-12-7-5-4-6-8-12/h4-8,11,13,15H,3,9-10H2,1-2H3/t11-,13-/m0/s1. The molecule has 2 atom stereocenters. The molecule has 1 fully saturated rings. The molecule has 1 aliphatic rings. The first-order chi connectivity index (χ1) is 8.70. The first-order valence-corrected chi connectivity index (χ1v) is 6.46. The van der Waals surface area contributed by atoms with Crippen molar-refractivity contribution in [2.75, 3.05) is 6.61 Å². The normalized spacial score (nSPS) is 20.9. The molecule has 1 heterocycles. The van der Waals surface area contributed by atoms with Gasteiger partial charge in [-0.25, -0.2) is 15.2 Å². The van der Waals surface area contributed by atoms with Gasteiger partial charge in [0.2, 0.25) is 0 Å². The summed E-state index contributed by atoms with van der Waals surface area (Å²) >= 11 is 0. The molecule has 1 aromatic carbocycles. The van der Waals surface area contributed by atoms with Gasteiger partial charge in [-0.1, -0.05) is 37.3 Å². The van der Waals surface area contributed by atoms with Crippen LogP contribution in [0, 0.1) is 0 Å². The highest BCUT2D eigenvalue weighted by Gasteiger charge is 2.33. The van der Waals surface area contributed by atoms with Crippen molar-refractivity contribution in [3.8, 4) is 0 Å². The lowest BCUT2D eigenvalue weighted by molar-refractivity contribution is 0.132. The van der Waals surface area contributed by atoms with Crippen LogP contribution in [0.25, 0.3) is 0 Å². The molecule has 1 saturated heterocycles. The number of amides is 1. The SMILES string of the molecule is CC[C@H](C)NN1C(=O)OC[C@@H]1Cc1ccccc1. The summed E-state index contributed by atoms with van der Waals surface area (Å²) < 4.78 is 5.12. The Morgan fingerprint density at radius 2 is 2.17 bits per heavy atom. The molecule has 4 heteroatoms. The zero-order valence-corrected chi connectivity index (χ0v) is 10.9. The average Bonchev–Trinajstić information content (AvgIpc) is 2.72. The Balaban J connectivity index is 2.00. The number of hydrazine groups is 1. The van der Waals surface area contributed by atoms with E-state index in [2.05, 4.69) is 31.4 Å². The second-order valence-electron chi connectivity index (χ2n) is 4.73. The molecule has 4 nitrogen and oxygen atoms in total. The number of carbonyl (C=O) groups is 1. The predicted octanol–water partition coefficient (Wildman–Crippen LogP) is 2.35. The fourth-order valence-electron chi connectivity index (χ4n) is 1.98. The van der Waals surface area contributed by atoms with E-state index >= 15 is 0 Å². The van der Waals surface area contributed by atoms with E-state index in [0.29, 0.717) is 6.61 Å². The van der Waals surface area contributed by atoms with Crippen LogP contribution in [0.4, 0.5) is 4.79 Å². The zero-order chi connectivity index (χ0) is 13.0. The molecule has 0 aliphatic carbocycles. The number of hydrogen-bond acceptors (Lipinski definition) is 3. The van der Waals surface area contributed by atoms with E-state index in [4.69, 9.17) is 4.74 Å². The minimum Gasteiger partial charge on any atom is -0.446 e. The summed E-state index contributed by atoms with van der Waals surface area (Å²) in [5.41, 5.74) is 4.43. The maximum Gasteiger partial charge on any atom is 0.424 e. The monoisotopic (exact) mass is 248 g/mol. The van der Waals surface area contributed by atoms with Crippen molar-refractivity contribution in [1.82, 2.24) is 10.4 Å². The zero-order valence-electron chi connectivity index (χ0n) is 10.9. The number of nitrogens with one attached hydrogen (secondary N) is 1. The Morgan fingerprint density at radius 1 is 1.44 bits per heavy atom. The lowest BCUT2D eigenvalue weighted by Gasteiger charge is -2.25. The Kier molecular flexibility index (Phi) is 4.20. The average molecular weight is 248 g/mol. The van der Waals surface area contributed by atoms with E-state index in [0.717, 1.165) is 12.8 Å². The summed E-state index contributed by atoms with van der Waals surface area (Å²) in [5, 5.41) is 1.64. The molecular formula is C14H20N2O2. The number of nitrogens with zero attached hydrogens (tertiary/aromatic N) is 1. The summed E-state index contributed by atoms with van der Waals surface area (Å²) in [6, 6.07) is 10.5. The minimum atomic E-state index is -0.267. The van der Waals surface area contributed by atoms with E-state index in [9.17, 15) is 4.79 Å². The number of cyclic esters (lactones) is 1. The van der Waals surface area contributed by atoms with Gasteiger partial charge in [0.1, 0.15) is 6.61 Å². The molecule has 1 aromatic rings. The van der Waals surface area contributed by atoms with Gasteiger partial charge in [-0.2, -0.15) is 0 Å². The quantitative estimate of drug-likeness (QED) is 0.869. The van der Waals surface area contributed by atoms with Crippen LogP contribution in [0.15, 0.2) is 30.3 Å². The number of carbonyl (C=O) groups excluding carboxylic acids is 1. The van der Waals surface area contributed by atoms with Gasteiger partial charge in [-0.05, 0) is 25.3 Å². The van der Waals surface area contributed by atoms with Crippen molar-refractivity contribution in [1.29, 1.82) is 0 Å². The van der Waals surface area contributed by atoms with Crippen LogP contribution in [-0.4, -0.2) is 29.8 Å². The van der Waals surface area contributed by atoms with Crippen molar-refractivity contribution in [2.45, 2.75) is 38.8 Å². The highest BCUT2D eigenvalue weighted by atomic mass is 16.6. The van der Waals surface area contributed by atoms with Crippen LogP contribution < -0.4 is 5.43 Å². The molecule has 18 heavy (non-hydrogen) atoms. The van der Waals surface area contributed by atoms with Crippen molar-refractivity contribution in [2.24, 2.45) is 0 Å². The van der Waals surface area contributed by atoms with Gasteiger partial charge in [-0.15, -0.1) is 0 Å². The van der Waals surface area contributed by atoms with Crippen LogP contribution in [0.3, 0.4) is 0 Å². The molecule has 1 N–H and O–H groups in total. The Hall–Kier alpha value is -1.55. The Labute approximate surface area is 108 Å². The fourth-order valence-corrected chi connectivity index (χ4v) is 1.98. The molecule has 0 saturated carbocycles. The highest BCUT2D eigenvalue weighted by molar-refractivity contribution is 5.69. The largest absolute Gasteiger partial charge is 0.446 e. The molecule has 1 aliphatic heterocycles. The van der Waals surface area contributed by atoms with Crippen molar-refractivity contribution in [3.63, 3.8) is 0 Å². The summed E-state index contributed by atoms with van der Waals surface area (Å²) in [6.45, 7) is 4.60. The third-order valence-corrected chi connectivity index (χ3v) is 3.25. The van der Waals surface area contributed by atoms with Crippen molar-refractivity contribution in [3.05, 3.63) is 35.9 Å². The third-order valence-electron chi connectivity index (χ3n) is 3.25. The molecule has 0 spiro atoms.